The van der Waals surface area contributed by atoms with E-state index in [0.717, 1.165) is 4.43 Å². The summed E-state index contributed by atoms with van der Waals surface area (Å²) in [5.74, 6) is -0.200. The van der Waals surface area contributed by atoms with E-state index in [2.05, 4.69) is 22.6 Å². The summed E-state index contributed by atoms with van der Waals surface area (Å²) >= 11 is 2.14. The molecule has 0 amide bonds. The fourth-order valence-corrected chi connectivity index (χ4v) is 0.563. The average Bonchev–Trinajstić information content (AvgIpc) is 1.85. The Morgan fingerprint density at radius 2 is 2.33 bits per heavy atom. The Morgan fingerprint density at radius 1 is 1.67 bits per heavy atom. The van der Waals surface area contributed by atoms with E-state index in [1.54, 1.807) is 0 Å². The Kier molecular flexibility index (Phi) is 6.39. The maximum atomic E-state index is 10.5. The van der Waals surface area contributed by atoms with Gasteiger partial charge in [-0.3, -0.25) is 4.79 Å². The monoisotopic (exact) mass is 243 g/mol. The average molecular weight is 243 g/mol. The van der Waals surface area contributed by atoms with Gasteiger partial charge in [0, 0.05) is 11.0 Å². The zero-order chi connectivity index (χ0) is 7.11. The van der Waals surface area contributed by atoms with Crippen molar-refractivity contribution in [3.63, 3.8) is 0 Å². The van der Waals surface area contributed by atoms with Gasteiger partial charge in [0.1, 0.15) is 6.61 Å². The first-order valence-corrected chi connectivity index (χ1v) is 4.25. The lowest BCUT2D eigenvalue weighted by molar-refractivity contribution is -0.142. The van der Waals surface area contributed by atoms with E-state index in [1.165, 1.54) is 0 Å². The van der Waals surface area contributed by atoms with Crippen molar-refractivity contribution in [1.82, 2.24) is 0 Å². The second-order valence-corrected chi connectivity index (χ2v) is 2.53. The van der Waals surface area contributed by atoms with Crippen molar-refractivity contribution >= 4 is 28.6 Å². The largest absolute Gasteiger partial charge is 0.465 e. The number of nitrogens with two attached hydrogens (primary N) is 1. The lowest BCUT2D eigenvalue weighted by Gasteiger charge is -1.98. The van der Waals surface area contributed by atoms with E-state index >= 15 is 0 Å². The summed E-state index contributed by atoms with van der Waals surface area (Å²) < 4.78 is 5.55. The van der Waals surface area contributed by atoms with Gasteiger partial charge in [-0.2, -0.15) is 0 Å². The smallest absolute Gasteiger partial charge is 0.307 e. The van der Waals surface area contributed by atoms with Crippen molar-refractivity contribution in [3.05, 3.63) is 0 Å². The molecular formula is C5H10INO2. The van der Waals surface area contributed by atoms with Crippen molar-refractivity contribution < 1.29 is 9.53 Å². The minimum Gasteiger partial charge on any atom is -0.465 e. The SMILES string of the molecule is NCCC(=O)OCCI. The van der Waals surface area contributed by atoms with E-state index in [9.17, 15) is 4.79 Å². The molecule has 9 heavy (non-hydrogen) atoms. The second kappa shape index (κ2) is 6.28. The van der Waals surface area contributed by atoms with Crippen LogP contribution in [0.4, 0.5) is 0 Å². The molecule has 0 fully saturated rings. The molecule has 0 spiro atoms. The normalized spacial score (nSPS) is 9.11. The summed E-state index contributed by atoms with van der Waals surface area (Å²) in [6.45, 7) is 0.874. The number of esters is 1. The van der Waals surface area contributed by atoms with E-state index < -0.39 is 0 Å². The van der Waals surface area contributed by atoms with Crippen LogP contribution in [0, 0.1) is 0 Å². The van der Waals surface area contributed by atoms with Crippen LogP contribution < -0.4 is 5.73 Å². The van der Waals surface area contributed by atoms with Crippen LogP contribution in [0.3, 0.4) is 0 Å². The van der Waals surface area contributed by atoms with E-state index in [1.807, 2.05) is 0 Å². The number of carbonyl (C=O) groups is 1. The minimum atomic E-state index is -0.200. The third kappa shape index (κ3) is 6.04. The molecule has 3 nitrogen and oxygen atoms in total. The standard InChI is InChI=1S/C5H10INO2/c6-2-4-9-5(8)1-3-7/h1-4,7H2. The van der Waals surface area contributed by atoms with Crippen LogP contribution >= 0.6 is 22.6 Å². The molecule has 0 saturated heterocycles. The Morgan fingerprint density at radius 3 is 2.78 bits per heavy atom. The minimum absolute atomic E-state index is 0.200. The number of alkyl halides is 1. The Balaban J connectivity index is 3.06. The predicted molar refractivity (Wildman–Crippen MR) is 43.5 cm³/mol. The van der Waals surface area contributed by atoms with Crippen LogP contribution in [0.5, 0.6) is 0 Å². The molecule has 4 heteroatoms. The maximum absolute atomic E-state index is 10.5. The van der Waals surface area contributed by atoms with Gasteiger partial charge in [-0.1, -0.05) is 22.6 Å². The number of halogens is 1. The van der Waals surface area contributed by atoms with Crippen LogP contribution in [0.25, 0.3) is 0 Å². The number of hydrogen-bond donors (Lipinski definition) is 1. The highest BCUT2D eigenvalue weighted by molar-refractivity contribution is 14.1. The highest BCUT2D eigenvalue weighted by Gasteiger charge is 1.97. The summed E-state index contributed by atoms with van der Waals surface area (Å²) in [6, 6.07) is 0. The molecule has 0 aliphatic heterocycles. The molecule has 0 aromatic carbocycles. The highest BCUT2D eigenvalue weighted by Crippen LogP contribution is 1.86. The molecule has 0 heterocycles. The number of hydrogen-bond acceptors (Lipinski definition) is 3. The second-order valence-electron chi connectivity index (χ2n) is 1.45. The molecule has 0 aromatic rings. The molecule has 0 aliphatic rings. The van der Waals surface area contributed by atoms with Crippen LogP contribution in [-0.4, -0.2) is 23.5 Å². The molecule has 0 unspecified atom stereocenters. The molecule has 0 rings (SSSR count). The summed E-state index contributed by atoms with van der Waals surface area (Å²) in [7, 11) is 0. The summed E-state index contributed by atoms with van der Waals surface area (Å²) in [6.07, 6.45) is 0.330. The zero-order valence-corrected chi connectivity index (χ0v) is 7.26. The third-order valence-electron chi connectivity index (χ3n) is 0.689. The fourth-order valence-electron chi connectivity index (χ4n) is 0.342. The molecular weight excluding hydrogens is 233 g/mol. The Hall–Kier alpha value is 0.160. The van der Waals surface area contributed by atoms with Gasteiger partial charge >= 0.3 is 5.97 Å². The van der Waals surface area contributed by atoms with Gasteiger partial charge in [-0.15, -0.1) is 0 Å². The first-order valence-electron chi connectivity index (χ1n) is 2.73. The summed E-state index contributed by atoms with van der Waals surface area (Å²) in [5, 5.41) is 0. The molecule has 0 aromatic heterocycles. The topological polar surface area (TPSA) is 52.3 Å². The molecule has 0 saturated carbocycles. The number of rotatable bonds is 4. The molecule has 0 radical (unpaired) electrons. The van der Waals surface area contributed by atoms with Crippen molar-refractivity contribution in [2.75, 3.05) is 17.6 Å². The van der Waals surface area contributed by atoms with Crippen molar-refractivity contribution in [1.29, 1.82) is 0 Å². The van der Waals surface area contributed by atoms with E-state index in [-0.39, 0.29) is 5.97 Å². The van der Waals surface area contributed by atoms with Crippen LogP contribution in [-0.2, 0) is 9.53 Å². The van der Waals surface area contributed by atoms with Gasteiger partial charge < -0.3 is 10.5 Å². The lowest BCUT2D eigenvalue weighted by Crippen LogP contribution is -2.11. The zero-order valence-electron chi connectivity index (χ0n) is 5.10. The first kappa shape index (κ1) is 9.16. The van der Waals surface area contributed by atoms with Gasteiger partial charge in [0.05, 0.1) is 6.42 Å². The maximum Gasteiger partial charge on any atom is 0.307 e. The van der Waals surface area contributed by atoms with Crippen LogP contribution in [0.15, 0.2) is 0 Å². The van der Waals surface area contributed by atoms with Gasteiger partial charge in [0.15, 0.2) is 0 Å². The Labute approximate surface area is 68.1 Å². The molecule has 0 aliphatic carbocycles. The van der Waals surface area contributed by atoms with Crippen molar-refractivity contribution in [3.8, 4) is 0 Å². The number of ether oxygens (including phenoxy) is 1. The molecule has 0 bridgehead atoms. The quantitative estimate of drug-likeness (QED) is 0.439. The van der Waals surface area contributed by atoms with Crippen LogP contribution in [0.1, 0.15) is 6.42 Å². The molecule has 54 valence electrons. The first-order chi connectivity index (χ1) is 4.31. The third-order valence-corrected chi connectivity index (χ3v) is 1.13. The molecule has 2 N–H and O–H groups in total. The molecule has 0 atom stereocenters. The van der Waals surface area contributed by atoms with Crippen molar-refractivity contribution in [2.45, 2.75) is 6.42 Å². The number of carbonyl (C=O) groups excluding carboxylic acids is 1. The van der Waals surface area contributed by atoms with Gasteiger partial charge in [-0.25, -0.2) is 0 Å². The van der Waals surface area contributed by atoms with E-state index in [4.69, 9.17) is 10.5 Å². The fraction of sp³-hybridized carbons (Fsp3) is 0.800. The van der Waals surface area contributed by atoms with Gasteiger partial charge in [0.2, 0.25) is 0 Å². The van der Waals surface area contributed by atoms with Crippen molar-refractivity contribution in [2.24, 2.45) is 5.73 Å². The van der Waals surface area contributed by atoms with Gasteiger partial charge in [0.25, 0.3) is 0 Å². The lowest BCUT2D eigenvalue weighted by atomic mass is 10.4. The summed E-state index contributed by atoms with van der Waals surface area (Å²) in [4.78, 5) is 10.5. The highest BCUT2D eigenvalue weighted by atomic mass is 127. The van der Waals surface area contributed by atoms with Gasteiger partial charge in [-0.05, 0) is 0 Å². The Bertz CT molecular complexity index is 87.0. The van der Waals surface area contributed by atoms with E-state index in [0.29, 0.717) is 19.6 Å². The van der Waals surface area contributed by atoms with Crippen LogP contribution in [0.2, 0.25) is 0 Å². The summed E-state index contributed by atoms with van der Waals surface area (Å²) in [5.41, 5.74) is 5.10. The predicted octanol–water partition coefficient (Wildman–Crippen LogP) is 0.313.